The highest BCUT2D eigenvalue weighted by Crippen LogP contribution is 2.39. The molecule has 1 amide bonds. The molecule has 1 fully saturated rings. The molecule has 8 nitrogen and oxygen atoms in total. The number of amides is 1. The molecule has 2 aromatic carbocycles. The molecule has 8 heteroatoms. The van der Waals surface area contributed by atoms with Crippen LogP contribution in [0.1, 0.15) is 46.4 Å². The second kappa shape index (κ2) is 7.55. The highest BCUT2D eigenvalue weighted by Gasteiger charge is 2.29. The van der Waals surface area contributed by atoms with Gasteiger partial charge in [-0.3, -0.25) is 4.79 Å². The summed E-state index contributed by atoms with van der Waals surface area (Å²) in [6.45, 7) is 2.17. The van der Waals surface area contributed by atoms with Gasteiger partial charge >= 0.3 is 0 Å². The fourth-order valence-electron chi connectivity index (χ4n) is 3.10. The first-order valence-corrected chi connectivity index (χ1v) is 9.77. The summed E-state index contributed by atoms with van der Waals surface area (Å²) in [4.78, 5) is 21.2. The van der Waals surface area contributed by atoms with Gasteiger partial charge in [0.1, 0.15) is 0 Å². The Morgan fingerprint density at radius 3 is 2.63 bits per heavy atom. The van der Waals surface area contributed by atoms with Crippen LogP contribution in [0, 0.1) is 6.92 Å². The number of aryl methyl sites for hydroxylation is 1. The first-order valence-electron chi connectivity index (χ1n) is 9.77. The van der Waals surface area contributed by atoms with E-state index in [2.05, 4.69) is 25.6 Å². The Morgan fingerprint density at radius 1 is 1.03 bits per heavy atom. The molecule has 0 aliphatic heterocycles. The molecule has 0 atom stereocenters. The van der Waals surface area contributed by atoms with Crippen LogP contribution in [0.3, 0.4) is 0 Å². The summed E-state index contributed by atoms with van der Waals surface area (Å²) in [5, 5.41) is 10.8. The molecular weight excluding hydrogens is 382 g/mol. The van der Waals surface area contributed by atoms with Gasteiger partial charge in [-0.05, 0) is 44.0 Å². The van der Waals surface area contributed by atoms with Crippen LogP contribution in [-0.2, 0) is 6.54 Å². The molecule has 1 N–H and O–H groups in total. The number of benzene rings is 2. The van der Waals surface area contributed by atoms with E-state index in [1.165, 1.54) is 0 Å². The van der Waals surface area contributed by atoms with Crippen LogP contribution in [0.25, 0.3) is 22.8 Å². The first kappa shape index (κ1) is 18.2. The number of carbonyl (C=O) groups is 1. The van der Waals surface area contributed by atoms with Crippen molar-refractivity contribution in [3.8, 4) is 22.8 Å². The number of hydrogen-bond acceptors (Lipinski definition) is 7. The minimum Gasteiger partial charge on any atom is -0.345 e. The lowest BCUT2D eigenvalue weighted by Gasteiger charge is -2.03. The molecule has 2 aromatic heterocycles. The average molecular weight is 401 g/mol. The lowest BCUT2D eigenvalue weighted by molar-refractivity contribution is 0.0949. The van der Waals surface area contributed by atoms with E-state index in [1.54, 1.807) is 24.3 Å². The summed E-state index contributed by atoms with van der Waals surface area (Å²) in [7, 11) is 0. The van der Waals surface area contributed by atoms with Crippen molar-refractivity contribution in [2.75, 3.05) is 0 Å². The maximum atomic E-state index is 12.4. The molecule has 0 unspecified atom stereocenters. The zero-order valence-corrected chi connectivity index (χ0v) is 16.3. The third-order valence-electron chi connectivity index (χ3n) is 4.91. The lowest BCUT2D eigenvalue weighted by Crippen LogP contribution is -2.23. The van der Waals surface area contributed by atoms with E-state index in [-0.39, 0.29) is 12.5 Å². The smallest absolute Gasteiger partial charge is 0.257 e. The van der Waals surface area contributed by atoms with E-state index in [9.17, 15) is 4.79 Å². The van der Waals surface area contributed by atoms with E-state index in [0.29, 0.717) is 34.9 Å². The standard InChI is InChI=1S/C22H19N5O3/c1-13-3-2-4-17(11-13)22-24-18(26-29-22)12-23-20(28)15-7-5-14(6-8-15)19-25-21(30-27-19)16-9-10-16/h2-8,11,16H,9-10,12H2,1H3,(H,23,28). The van der Waals surface area contributed by atoms with Gasteiger partial charge in [0, 0.05) is 22.6 Å². The topological polar surface area (TPSA) is 107 Å². The maximum absolute atomic E-state index is 12.4. The Kier molecular flexibility index (Phi) is 4.59. The third kappa shape index (κ3) is 3.84. The maximum Gasteiger partial charge on any atom is 0.257 e. The van der Waals surface area contributed by atoms with E-state index in [4.69, 9.17) is 9.05 Å². The summed E-state index contributed by atoms with van der Waals surface area (Å²) in [6.07, 6.45) is 2.21. The van der Waals surface area contributed by atoms with Crippen molar-refractivity contribution in [2.24, 2.45) is 0 Å². The predicted molar refractivity (Wildman–Crippen MR) is 107 cm³/mol. The van der Waals surface area contributed by atoms with Crippen molar-refractivity contribution in [3.63, 3.8) is 0 Å². The second-order valence-electron chi connectivity index (χ2n) is 7.38. The molecule has 1 saturated carbocycles. The predicted octanol–water partition coefficient (Wildman–Crippen LogP) is 3.90. The summed E-state index contributed by atoms with van der Waals surface area (Å²) in [5.41, 5.74) is 3.28. The highest BCUT2D eigenvalue weighted by atomic mass is 16.5. The van der Waals surface area contributed by atoms with E-state index >= 15 is 0 Å². The van der Waals surface area contributed by atoms with Gasteiger partial charge in [-0.15, -0.1) is 0 Å². The molecule has 30 heavy (non-hydrogen) atoms. The van der Waals surface area contributed by atoms with E-state index in [0.717, 1.165) is 29.5 Å². The molecule has 1 aliphatic rings. The van der Waals surface area contributed by atoms with Gasteiger partial charge in [0.2, 0.25) is 11.7 Å². The van der Waals surface area contributed by atoms with Crippen LogP contribution in [0.15, 0.2) is 57.6 Å². The Balaban J connectivity index is 1.21. The van der Waals surface area contributed by atoms with Gasteiger partial charge in [-0.2, -0.15) is 9.97 Å². The molecule has 1 aliphatic carbocycles. The molecular formula is C22H19N5O3. The molecule has 0 bridgehead atoms. The third-order valence-corrected chi connectivity index (χ3v) is 4.91. The SMILES string of the molecule is Cc1cccc(-c2nc(CNC(=O)c3ccc(-c4noc(C5CC5)n4)cc3)no2)c1. The number of aromatic nitrogens is 4. The number of nitrogens with zero attached hydrogens (tertiary/aromatic N) is 4. The van der Waals surface area contributed by atoms with Crippen LogP contribution in [0.4, 0.5) is 0 Å². The van der Waals surface area contributed by atoms with Gasteiger partial charge in [0.15, 0.2) is 5.82 Å². The molecule has 2 heterocycles. The molecule has 0 saturated heterocycles. The van der Waals surface area contributed by atoms with Gasteiger partial charge in [0.25, 0.3) is 11.8 Å². The summed E-state index contributed by atoms with van der Waals surface area (Å²) >= 11 is 0. The van der Waals surface area contributed by atoms with E-state index < -0.39 is 0 Å². The van der Waals surface area contributed by atoms with Crippen molar-refractivity contribution in [1.82, 2.24) is 25.6 Å². The minimum atomic E-state index is -0.227. The van der Waals surface area contributed by atoms with Crippen LogP contribution >= 0.6 is 0 Å². The molecule has 4 aromatic rings. The van der Waals surface area contributed by atoms with Gasteiger partial charge in [0.05, 0.1) is 6.54 Å². The first-order chi connectivity index (χ1) is 14.7. The summed E-state index contributed by atoms with van der Waals surface area (Å²) in [6, 6.07) is 14.9. The van der Waals surface area contributed by atoms with Gasteiger partial charge in [-0.1, -0.05) is 40.1 Å². The number of carbonyl (C=O) groups excluding carboxylic acids is 1. The Morgan fingerprint density at radius 2 is 1.87 bits per heavy atom. The van der Waals surface area contributed by atoms with Crippen molar-refractivity contribution in [3.05, 3.63) is 71.4 Å². The van der Waals surface area contributed by atoms with E-state index in [1.807, 2.05) is 31.2 Å². The summed E-state index contributed by atoms with van der Waals surface area (Å²) in [5.74, 6) is 2.26. The fraction of sp³-hybridized carbons (Fsp3) is 0.227. The van der Waals surface area contributed by atoms with Gasteiger partial charge < -0.3 is 14.4 Å². The second-order valence-corrected chi connectivity index (χ2v) is 7.38. The van der Waals surface area contributed by atoms with Crippen molar-refractivity contribution < 1.29 is 13.8 Å². The van der Waals surface area contributed by atoms with Crippen molar-refractivity contribution in [1.29, 1.82) is 0 Å². The molecule has 0 radical (unpaired) electrons. The van der Waals surface area contributed by atoms with Crippen LogP contribution in [0.5, 0.6) is 0 Å². The number of nitrogens with one attached hydrogen (secondary N) is 1. The van der Waals surface area contributed by atoms with Crippen LogP contribution in [0.2, 0.25) is 0 Å². The quantitative estimate of drug-likeness (QED) is 0.522. The Hall–Kier alpha value is -3.81. The van der Waals surface area contributed by atoms with Crippen molar-refractivity contribution in [2.45, 2.75) is 32.2 Å². The number of hydrogen-bond donors (Lipinski definition) is 1. The zero-order valence-electron chi connectivity index (χ0n) is 16.3. The zero-order chi connectivity index (χ0) is 20.5. The number of rotatable bonds is 6. The average Bonchev–Trinajstić information content (AvgIpc) is 3.31. The monoisotopic (exact) mass is 401 g/mol. The molecule has 5 rings (SSSR count). The van der Waals surface area contributed by atoms with Crippen LogP contribution in [-0.4, -0.2) is 26.2 Å². The Labute approximate surface area is 172 Å². The Bertz CT molecular complexity index is 1190. The minimum absolute atomic E-state index is 0.172. The normalized spacial score (nSPS) is 13.4. The molecule has 0 spiro atoms. The summed E-state index contributed by atoms with van der Waals surface area (Å²) < 4.78 is 10.6. The van der Waals surface area contributed by atoms with Gasteiger partial charge in [-0.25, -0.2) is 0 Å². The van der Waals surface area contributed by atoms with Crippen LogP contribution < -0.4 is 5.32 Å². The fourth-order valence-corrected chi connectivity index (χ4v) is 3.10. The largest absolute Gasteiger partial charge is 0.345 e. The van der Waals surface area contributed by atoms with Crippen molar-refractivity contribution >= 4 is 5.91 Å². The lowest BCUT2D eigenvalue weighted by atomic mass is 10.1. The highest BCUT2D eigenvalue weighted by molar-refractivity contribution is 5.94. The molecule has 150 valence electrons.